The Bertz CT molecular complexity index is 678. The molecule has 2 aromatic rings. The molecule has 1 aliphatic heterocycles. The first kappa shape index (κ1) is 16.5. The molecule has 0 unspecified atom stereocenters. The van der Waals surface area contributed by atoms with Gasteiger partial charge >= 0.3 is 0 Å². The lowest BCUT2D eigenvalue weighted by Gasteiger charge is -2.34. The lowest BCUT2D eigenvalue weighted by molar-refractivity contribution is 0.0823. The molecule has 1 aromatic carbocycles. The van der Waals surface area contributed by atoms with E-state index in [4.69, 9.17) is 21.3 Å². The minimum Gasteiger partial charge on any atom is -0.474 e. The van der Waals surface area contributed by atoms with Crippen LogP contribution in [0.2, 0.25) is 5.02 Å². The minimum absolute atomic E-state index is 0.226. The summed E-state index contributed by atoms with van der Waals surface area (Å²) in [4.78, 5) is 7.21. The molecule has 0 amide bonds. The average molecular weight is 333 g/mol. The van der Waals surface area contributed by atoms with Crippen LogP contribution in [0.5, 0.6) is 5.88 Å². The van der Waals surface area contributed by atoms with Gasteiger partial charge in [-0.25, -0.2) is 4.98 Å². The number of piperidine rings is 1. The third-order valence-electron chi connectivity index (χ3n) is 4.67. The molecule has 4 heteroatoms. The van der Waals surface area contributed by atoms with Gasteiger partial charge in [0.2, 0.25) is 5.88 Å². The monoisotopic (exact) mass is 332 g/mol. The number of pyridine rings is 1. The van der Waals surface area contributed by atoms with Crippen molar-refractivity contribution in [3.8, 4) is 5.88 Å². The highest BCUT2D eigenvalue weighted by molar-refractivity contribution is 6.36. The molecule has 1 aromatic heterocycles. The van der Waals surface area contributed by atoms with Gasteiger partial charge in [0.15, 0.2) is 0 Å². The number of halogens is 1. The topological polar surface area (TPSA) is 25.4 Å². The van der Waals surface area contributed by atoms with Crippen molar-refractivity contribution < 1.29 is 4.74 Å². The zero-order valence-corrected chi connectivity index (χ0v) is 14.9. The lowest BCUT2D eigenvalue weighted by atomic mass is 10.1. The van der Waals surface area contributed by atoms with E-state index in [1.165, 1.54) is 0 Å². The first-order chi connectivity index (χ1) is 11.1. The molecule has 0 bridgehead atoms. The molecule has 1 saturated heterocycles. The van der Waals surface area contributed by atoms with Crippen molar-refractivity contribution in [1.82, 2.24) is 9.88 Å². The second-order valence-corrected chi connectivity index (χ2v) is 6.96. The molecule has 3 rings (SSSR count). The normalized spacial score (nSPS) is 17.1. The molecule has 1 aliphatic rings. The van der Waals surface area contributed by atoms with Crippen LogP contribution in [0.3, 0.4) is 0 Å². The van der Waals surface area contributed by atoms with E-state index >= 15 is 0 Å². The van der Waals surface area contributed by atoms with Crippen LogP contribution in [0, 0.1) is 0 Å². The van der Waals surface area contributed by atoms with Gasteiger partial charge < -0.3 is 9.64 Å². The Balaban J connectivity index is 1.85. The van der Waals surface area contributed by atoms with E-state index < -0.39 is 0 Å². The van der Waals surface area contributed by atoms with Crippen molar-refractivity contribution in [3.63, 3.8) is 0 Å². The number of ether oxygens (including phenoxy) is 1. The van der Waals surface area contributed by atoms with Gasteiger partial charge in [0.1, 0.15) is 6.10 Å². The number of benzene rings is 1. The molecule has 0 N–H and O–H groups in total. The zero-order chi connectivity index (χ0) is 16.4. The van der Waals surface area contributed by atoms with Crippen molar-refractivity contribution in [2.75, 3.05) is 13.1 Å². The Morgan fingerprint density at radius 2 is 2.04 bits per heavy atom. The maximum absolute atomic E-state index is 6.41. The van der Waals surface area contributed by atoms with Gasteiger partial charge in [-0.2, -0.15) is 0 Å². The van der Waals surface area contributed by atoms with Gasteiger partial charge in [-0.3, -0.25) is 0 Å². The summed E-state index contributed by atoms with van der Waals surface area (Å²) in [6, 6.07) is 8.68. The van der Waals surface area contributed by atoms with Crippen LogP contribution in [0.25, 0.3) is 10.8 Å². The number of likely N-dealkylation sites (tertiary alicyclic amines) is 1. The summed E-state index contributed by atoms with van der Waals surface area (Å²) in [5, 5.41) is 2.77. The van der Waals surface area contributed by atoms with E-state index in [9.17, 15) is 0 Å². The van der Waals surface area contributed by atoms with Gasteiger partial charge in [-0.15, -0.1) is 0 Å². The van der Waals surface area contributed by atoms with Gasteiger partial charge in [-0.1, -0.05) is 30.7 Å². The maximum Gasteiger partial charge on any atom is 0.223 e. The molecule has 23 heavy (non-hydrogen) atoms. The molecule has 1 fully saturated rings. The third kappa shape index (κ3) is 3.61. The molecular formula is C19H25ClN2O. The van der Waals surface area contributed by atoms with E-state index in [-0.39, 0.29) is 6.10 Å². The van der Waals surface area contributed by atoms with E-state index in [1.54, 1.807) is 0 Å². The second kappa shape index (κ2) is 7.06. The number of aryl methyl sites for hydroxylation is 1. The SMILES string of the molecule is CCc1cc2cccc(Cl)c2c(OC2CCN(C(C)C)CC2)n1. The summed E-state index contributed by atoms with van der Waals surface area (Å²) >= 11 is 6.41. The summed E-state index contributed by atoms with van der Waals surface area (Å²) in [5.41, 5.74) is 1.05. The van der Waals surface area contributed by atoms with Crippen LogP contribution in [0.1, 0.15) is 39.3 Å². The number of hydrogen-bond acceptors (Lipinski definition) is 3. The fourth-order valence-electron chi connectivity index (χ4n) is 3.22. The smallest absolute Gasteiger partial charge is 0.223 e. The standard InChI is InChI=1S/C19H25ClN2O/c1-4-15-12-14-6-5-7-17(20)18(14)19(21-15)23-16-8-10-22(11-9-16)13(2)3/h5-7,12-13,16H,4,8-11H2,1-3H3. The Kier molecular flexibility index (Phi) is 5.08. The Morgan fingerprint density at radius 3 is 2.70 bits per heavy atom. The molecule has 3 nitrogen and oxygen atoms in total. The molecule has 0 spiro atoms. The largest absolute Gasteiger partial charge is 0.474 e. The predicted molar refractivity (Wildman–Crippen MR) is 96.5 cm³/mol. The minimum atomic E-state index is 0.226. The van der Waals surface area contributed by atoms with Crippen LogP contribution in [-0.4, -0.2) is 35.1 Å². The number of nitrogens with zero attached hydrogens (tertiary/aromatic N) is 2. The van der Waals surface area contributed by atoms with E-state index in [0.717, 1.165) is 48.8 Å². The average Bonchev–Trinajstić information content (AvgIpc) is 2.55. The van der Waals surface area contributed by atoms with Crippen molar-refractivity contribution in [3.05, 3.63) is 35.0 Å². The van der Waals surface area contributed by atoms with Gasteiger partial charge in [0.25, 0.3) is 0 Å². The lowest BCUT2D eigenvalue weighted by Crippen LogP contribution is -2.41. The van der Waals surface area contributed by atoms with E-state index in [2.05, 4.69) is 37.8 Å². The Morgan fingerprint density at radius 1 is 1.30 bits per heavy atom. The number of hydrogen-bond donors (Lipinski definition) is 0. The highest BCUT2D eigenvalue weighted by Gasteiger charge is 2.23. The maximum atomic E-state index is 6.41. The van der Waals surface area contributed by atoms with Crippen LogP contribution >= 0.6 is 11.6 Å². The fraction of sp³-hybridized carbons (Fsp3) is 0.526. The quantitative estimate of drug-likeness (QED) is 0.811. The second-order valence-electron chi connectivity index (χ2n) is 6.56. The third-order valence-corrected chi connectivity index (χ3v) is 4.99. The highest BCUT2D eigenvalue weighted by atomic mass is 35.5. The van der Waals surface area contributed by atoms with Crippen LogP contribution in [0.4, 0.5) is 0 Å². The zero-order valence-electron chi connectivity index (χ0n) is 14.2. The van der Waals surface area contributed by atoms with Crippen molar-refractivity contribution >= 4 is 22.4 Å². The first-order valence-electron chi connectivity index (χ1n) is 8.57. The van der Waals surface area contributed by atoms with Crippen LogP contribution < -0.4 is 4.74 Å². The van der Waals surface area contributed by atoms with Crippen LogP contribution in [0.15, 0.2) is 24.3 Å². The molecular weight excluding hydrogens is 308 g/mol. The fourth-order valence-corrected chi connectivity index (χ4v) is 3.48. The van der Waals surface area contributed by atoms with E-state index in [1.807, 2.05) is 12.1 Å². The summed E-state index contributed by atoms with van der Waals surface area (Å²) in [7, 11) is 0. The highest BCUT2D eigenvalue weighted by Crippen LogP contribution is 2.33. The predicted octanol–water partition coefficient (Wildman–Crippen LogP) is 4.70. The number of rotatable bonds is 4. The summed E-state index contributed by atoms with van der Waals surface area (Å²) in [6.07, 6.45) is 3.21. The van der Waals surface area contributed by atoms with Crippen molar-refractivity contribution in [2.24, 2.45) is 0 Å². The Labute approximate surface area is 143 Å². The molecule has 0 aliphatic carbocycles. The van der Waals surface area contributed by atoms with Gasteiger partial charge in [0.05, 0.1) is 10.4 Å². The molecule has 0 atom stereocenters. The van der Waals surface area contributed by atoms with Crippen molar-refractivity contribution in [2.45, 2.75) is 52.2 Å². The first-order valence-corrected chi connectivity index (χ1v) is 8.95. The molecule has 0 saturated carbocycles. The summed E-state index contributed by atoms with van der Waals surface area (Å²) < 4.78 is 6.30. The Hall–Kier alpha value is -1.32. The number of aromatic nitrogens is 1. The van der Waals surface area contributed by atoms with Gasteiger partial charge in [-0.05, 0) is 50.6 Å². The van der Waals surface area contributed by atoms with Crippen molar-refractivity contribution in [1.29, 1.82) is 0 Å². The summed E-state index contributed by atoms with van der Waals surface area (Å²) in [5.74, 6) is 0.702. The molecule has 124 valence electrons. The molecule has 0 radical (unpaired) electrons. The molecule has 2 heterocycles. The van der Waals surface area contributed by atoms with E-state index in [0.29, 0.717) is 16.9 Å². The van der Waals surface area contributed by atoms with Crippen LogP contribution in [-0.2, 0) is 6.42 Å². The van der Waals surface area contributed by atoms with Gasteiger partial charge in [0, 0.05) is 24.8 Å². The number of fused-ring (bicyclic) bond motifs is 1. The summed E-state index contributed by atoms with van der Waals surface area (Å²) in [6.45, 7) is 8.79.